The summed E-state index contributed by atoms with van der Waals surface area (Å²) in [4.78, 5) is 39.4. The molecule has 1 aromatic rings. The third kappa shape index (κ3) is 6.16. The van der Waals surface area contributed by atoms with Crippen LogP contribution in [0.2, 0.25) is 0 Å². The summed E-state index contributed by atoms with van der Waals surface area (Å²) in [6, 6.07) is 5.00. The van der Waals surface area contributed by atoms with E-state index in [-0.39, 0.29) is 17.7 Å². The standard InChI is InChI=1S/C30H43N3O5/c34-27(31-23-13-14-24-25(19-23)32-28(35)30(24)15-17-37-18-16-30)26(22-11-7-2-1-3-8-12-22)33-29(36)38-20-21-9-5-4-6-10-21/h13-14,19,21-22,26H,1-12,15-18,20H2,(H,31,34)(H,32,35)(H,33,36). The van der Waals surface area contributed by atoms with Crippen molar-refractivity contribution in [2.75, 3.05) is 30.5 Å². The van der Waals surface area contributed by atoms with Crippen molar-refractivity contribution in [2.24, 2.45) is 11.8 Å². The summed E-state index contributed by atoms with van der Waals surface area (Å²) in [7, 11) is 0. The first-order valence-electron chi connectivity index (χ1n) is 14.8. The molecule has 1 saturated heterocycles. The van der Waals surface area contributed by atoms with Crippen molar-refractivity contribution in [3.63, 3.8) is 0 Å². The number of rotatable bonds is 6. The predicted octanol–water partition coefficient (Wildman–Crippen LogP) is 5.66. The fourth-order valence-electron chi connectivity index (χ4n) is 6.88. The second-order valence-electron chi connectivity index (χ2n) is 11.7. The van der Waals surface area contributed by atoms with Gasteiger partial charge in [0.05, 0.1) is 12.0 Å². The molecule has 208 valence electrons. The van der Waals surface area contributed by atoms with Gasteiger partial charge in [0, 0.05) is 24.6 Å². The van der Waals surface area contributed by atoms with Crippen molar-refractivity contribution in [1.29, 1.82) is 0 Å². The molecule has 3 N–H and O–H groups in total. The van der Waals surface area contributed by atoms with Gasteiger partial charge in [0.2, 0.25) is 11.8 Å². The Balaban J connectivity index is 1.27. The van der Waals surface area contributed by atoms with Crippen LogP contribution in [0.4, 0.5) is 16.2 Å². The predicted molar refractivity (Wildman–Crippen MR) is 146 cm³/mol. The first kappa shape index (κ1) is 27.0. The van der Waals surface area contributed by atoms with Crippen molar-refractivity contribution < 1.29 is 23.9 Å². The smallest absolute Gasteiger partial charge is 0.407 e. The maximum Gasteiger partial charge on any atom is 0.407 e. The third-order valence-electron chi connectivity index (χ3n) is 9.18. The number of amides is 3. The van der Waals surface area contributed by atoms with Crippen LogP contribution < -0.4 is 16.0 Å². The van der Waals surface area contributed by atoms with E-state index in [0.717, 1.165) is 62.6 Å². The largest absolute Gasteiger partial charge is 0.449 e. The Morgan fingerprint density at radius 3 is 2.37 bits per heavy atom. The molecule has 1 spiro atoms. The molecule has 2 heterocycles. The lowest BCUT2D eigenvalue weighted by atomic mass is 9.75. The number of benzene rings is 1. The van der Waals surface area contributed by atoms with Gasteiger partial charge in [0.25, 0.3) is 0 Å². The van der Waals surface area contributed by atoms with Gasteiger partial charge in [-0.3, -0.25) is 9.59 Å². The summed E-state index contributed by atoms with van der Waals surface area (Å²) < 4.78 is 11.1. The molecule has 1 aromatic carbocycles. The lowest BCUT2D eigenvalue weighted by molar-refractivity contribution is -0.124. The van der Waals surface area contributed by atoms with Crippen molar-refractivity contribution >= 4 is 29.3 Å². The lowest BCUT2D eigenvalue weighted by Crippen LogP contribution is -2.49. The van der Waals surface area contributed by atoms with E-state index in [4.69, 9.17) is 9.47 Å². The van der Waals surface area contributed by atoms with E-state index in [9.17, 15) is 14.4 Å². The van der Waals surface area contributed by atoms with Gasteiger partial charge in [-0.25, -0.2) is 4.79 Å². The summed E-state index contributed by atoms with van der Waals surface area (Å²) in [6.45, 7) is 1.55. The average molecular weight is 526 g/mol. The van der Waals surface area contributed by atoms with Crippen LogP contribution in [-0.2, 0) is 24.5 Å². The summed E-state index contributed by atoms with van der Waals surface area (Å²) in [5.74, 6) is 0.269. The molecule has 1 unspecified atom stereocenters. The Labute approximate surface area is 226 Å². The van der Waals surface area contributed by atoms with Gasteiger partial charge < -0.3 is 25.4 Å². The summed E-state index contributed by atoms with van der Waals surface area (Å²) in [6.07, 6.45) is 14.2. The van der Waals surface area contributed by atoms with E-state index in [1.54, 1.807) is 0 Å². The van der Waals surface area contributed by atoms with Gasteiger partial charge in [0.15, 0.2) is 0 Å². The number of hydrogen-bond acceptors (Lipinski definition) is 5. The van der Waals surface area contributed by atoms with Crippen LogP contribution >= 0.6 is 0 Å². The number of ether oxygens (including phenoxy) is 2. The Kier molecular flexibility index (Phi) is 8.87. The number of fused-ring (bicyclic) bond motifs is 2. The van der Waals surface area contributed by atoms with E-state index < -0.39 is 17.6 Å². The number of hydrogen-bond donors (Lipinski definition) is 3. The summed E-state index contributed by atoms with van der Waals surface area (Å²) >= 11 is 0. The Morgan fingerprint density at radius 2 is 1.63 bits per heavy atom. The lowest BCUT2D eigenvalue weighted by Gasteiger charge is -2.31. The molecule has 2 aliphatic carbocycles. The summed E-state index contributed by atoms with van der Waals surface area (Å²) in [5, 5.41) is 9.00. The van der Waals surface area contributed by atoms with E-state index in [1.807, 2.05) is 18.2 Å². The Morgan fingerprint density at radius 1 is 0.974 bits per heavy atom. The minimum atomic E-state index is -0.656. The van der Waals surface area contributed by atoms with Crippen LogP contribution in [0.1, 0.15) is 95.5 Å². The first-order chi connectivity index (χ1) is 18.5. The number of alkyl carbamates (subject to hydrolysis) is 1. The zero-order chi connectivity index (χ0) is 26.4. The fraction of sp³-hybridized carbons (Fsp3) is 0.700. The molecule has 5 rings (SSSR count). The van der Waals surface area contributed by atoms with E-state index in [1.165, 1.54) is 25.7 Å². The van der Waals surface area contributed by atoms with Gasteiger partial charge in [0.1, 0.15) is 6.04 Å². The summed E-state index contributed by atoms with van der Waals surface area (Å²) in [5.41, 5.74) is 1.80. The highest BCUT2D eigenvalue weighted by atomic mass is 16.5. The SMILES string of the molecule is O=C(NC(C(=O)Nc1ccc2c(c1)NC(=O)C21CCOCC1)C1CCCCCCC1)OCC1CCCCC1. The molecule has 8 heteroatoms. The second-order valence-corrected chi connectivity index (χ2v) is 11.7. The highest BCUT2D eigenvalue weighted by molar-refractivity contribution is 6.07. The molecule has 1 atom stereocenters. The minimum absolute atomic E-state index is 0.00838. The normalized spacial score (nSPS) is 23.0. The molecule has 3 fully saturated rings. The monoisotopic (exact) mass is 525 g/mol. The highest BCUT2D eigenvalue weighted by Gasteiger charge is 2.47. The van der Waals surface area contributed by atoms with Crippen molar-refractivity contribution in [1.82, 2.24) is 5.32 Å². The minimum Gasteiger partial charge on any atom is -0.449 e. The molecule has 4 aliphatic rings. The number of anilines is 2. The van der Waals surface area contributed by atoms with Crippen LogP contribution in [0, 0.1) is 11.8 Å². The molecule has 2 aliphatic heterocycles. The molecule has 3 amide bonds. The number of carbonyl (C=O) groups is 3. The highest BCUT2D eigenvalue weighted by Crippen LogP contribution is 2.45. The Hall–Kier alpha value is -2.61. The van der Waals surface area contributed by atoms with E-state index in [2.05, 4.69) is 16.0 Å². The molecule has 38 heavy (non-hydrogen) atoms. The number of carbonyl (C=O) groups excluding carboxylic acids is 3. The van der Waals surface area contributed by atoms with Crippen LogP contribution in [0.15, 0.2) is 18.2 Å². The molecular weight excluding hydrogens is 482 g/mol. The zero-order valence-electron chi connectivity index (χ0n) is 22.5. The van der Waals surface area contributed by atoms with Gasteiger partial charge >= 0.3 is 6.09 Å². The van der Waals surface area contributed by atoms with Gasteiger partial charge in [-0.05, 0) is 68.1 Å². The molecule has 0 aromatic heterocycles. The van der Waals surface area contributed by atoms with Crippen molar-refractivity contribution in [3.05, 3.63) is 23.8 Å². The number of nitrogens with one attached hydrogen (secondary N) is 3. The van der Waals surface area contributed by atoms with Crippen LogP contribution in [0.25, 0.3) is 0 Å². The maximum absolute atomic E-state index is 13.6. The van der Waals surface area contributed by atoms with E-state index >= 15 is 0 Å². The molecular formula is C30H43N3O5. The maximum atomic E-state index is 13.6. The van der Waals surface area contributed by atoms with Gasteiger partial charge in [-0.15, -0.1) is 0 Å². The molecule has 8 nitrogen and oxygen atoms in total. The topological polar surface area (TPSA) is 106 Å². The van der Waals surface area contributed by atoms with Gasteiger partial charge in [-0.1, -0.05) is 57.4 Å². The third-order valence-corrected chi connectivity index (χ3v) is 9.18. The van der Waals surface area contributed by atoms with Crippen LogP contribution in [0.3, 0.4) is 0 Å². The molecule has 2 saturated carbocycles. The quantitative estimate of drug-likeness (QED) is 0.444. The Bertz CT molecular complexity index is 992. The molecule has 0 radical (unpaired) electrons. The fourth-order valence-corrected chi connectivity index (χ4v) is 6.88. The van der Waals surface area contributed by atoms with Crippen LogP contribution in [-0.4, -0.2) is 43.8 Å². The zero-order valence-corrected chi connectivity index (χ0v) is 22.5. The molecule has 0 bridgehead atoms. The van der Waals surface area contributed by atoms with Crippen molar-refractivity contribution in [3.8, 4) is 0 Å². The average Bonchev–Trinajstić information content (AvgIpc) is 3.17. The van der Waals surface area contributed by atoms with Crippen molar-refractivity contribution in [2.45, 2.75) is 101 Å². The van der Waals surface area contributed by atoms with Gasteiger partial charge in [-0.2, -0.15) is 0 Å². The van der Waals surface area contributed by atoms with E-state index in [0.29, 0.717) is 44.3 Å². The van der Waals surface area contributed by atoms with Crippen LogP contribution in [0.5, 0.6) is 0 Å². The first-order valence-corrected chi connectivity index (χ1v) is 14.8. The second kappa shape index (κ2) is 12.5.